The van der Waals surface area contributed by atoms with Gasteiger partial charge in [0.2, 0.25) is 0 Å². The average Bonchev–Trinajstić information content (AvgIpc) is 2.34. The van der Waals surface area contributed by atoms with E-state index in [0.717, 1.165) is 11.3 Å². The van der Waals surface area contributed by atoms with E-state index in [2.05, 4.69) is 11.0 Å². The van der Waals surface area contributed by atoms with Gasteiger partial charge in [-0.15, -0.1) is 6.42 Å². The highest BCUT2D eigenvalue weighted by molar-refractivity contribution is 5.16. The molecule has 2 N–H and O–H groups in total. The maximum Gasteiger partial charge on any atom is 0.102 e. The van der Waals surface area contributed by atoms with Crippen molar-refractivity contribution < 1.29 is 0 Å². The van der Waals surface area contributed by atoms with Crippen molar-refractivity contribution in [3.63, 3.8) is 0 Å². The molecule has 1 aromatic rings. The van der Waals surface area contributed by atoms with E-state index in [0.29, 0.717) is 13.1 Å². The molecule has 0 amide bonds. The van der Waals surface area contributed by atoms with Crippen LogP contribution < -0.4 is 5.73 Å². The molecule has 1 rings (SSSR count). The first kappa shape index (κ1) is 7.83. The fourth-order valence-electron chi connectivity index (χ4n) is 0.931. The molecule has 1 aromatic heterocycles. The molecule has 3 nitrogen and oxygen atoms in total. The Morgan fingerprint density at radius 1 is 1.82 bits per heavy atom. The Morgan fingerprint density at radius 3 is 3.00 bits per heavy atom. The summed E-state index contributed by atoms with van der Waals surface area (Å²) in [4.78, 5) is 0. The SMILES string of the molecule is C#CCn1ncc(CN)c1C. The van der Waals surface area contributed by atoms with Crippen LogP contribution in [0, 0.1) is 19.3 Å². The average molecular weight is 149 g/mol. The van der Waals surface area contributed by atoms with Crippen LogP contribution in [0.4, 0.5) is 0 Å². The summed E-state index contributed by atoms with van der Waals surface area (Å²) < 4.78 is 1.77. The fourth-order valence-corrected chi connectivity index (χ4v) is 0.931. The van der Waals surface area contributed by atoms with E-state index < -0.39 is 0 Å². The Hall–Kier alpha value is -1.27. The summed E-state index contributed by atoms with van der Waals surface area (Å²) in [6.45, 7) is 3.01. The number of hydrogen-bond acceptors (Lipinski definition) is 2. The number of rotatable bonds is 2. The van der Waals surface area contributed by atoms with E-state index in [-0.39, 0.29) is 0 Å². The Morgan fingerprint density at radius 2 is 2.55 bits per heavy atom. The lowest BCUT2D eigenvalue weighted by Crippen LogP contribution is -2.02. The molecule has 0 unspecified atom stereocenters. The smallest absolute Gasteiger partial charge is 0.102 e. The van der Waals surface area contributed by atoms with Crippen LogP contribution in [0.15, 0.2) is 6.20 Å². The Bertz CT molecular complexity index is 280. The summed E-state index contributed by atoms with van der Waals surface area (Å²) in [5, 5.41) is 4.07. The molecular weight excluding hydrogens is 138 g/mol. The molecule has 1 heterocycles. The van der Waals surface area contributed by atoms with Gasteiger partial charge in [0.15, 0.2) is 0 Å². The van der Waals surface area contributed by atoms with Crippen LogP contribution in [0.1, 0.15) is 11.3 Å². The molecule has 58 valence electrons. The summed E-state index contributed by atoms with van der Waals surface area (Å²) in [7, 11) is 0. The molecular formula is C8H11N3. The molecule has 3 heteroatoms. The van der Waals surface area contributed by atoms with Crippen molar-refractivity contribution in [2.45, 2.75) is 20.0 Å². The minimum atomic E-state index is 0.520. The number of nitrogens with zero attached hydrogens (tertiary/aromatic N) is 2. The number of hydrogen-bond donors (Lipinski definition) is 1. The zero-order valence-corrected chi connectivity index (χ0v) is 6.54. The van der Waals surface area contributed by atoms with Gasteiger partial charge in [-0.3, -0.25) is 4.68 Å². The molecule has 11 heavy (non-hydrogen) atoms. The number of nitrogens with two attached hydrogens (primary N) is 1. The van der Waals surface area contributed by atoms with Crippen LogP contribution >= 0.6 is 0 Å². The maximum absolute atomic E-state index is 5.46. The Kier molecular flexibility index (Phi) is 2.29. The predicted octanol–water partition coefficient (Wildman–Crippen LogP) is 0.283. The van der Waals surface area contributed by atoms with E-state index >= 15 is 0 Å². The Labute approximate surface area is 66.2 Å². The molecule has 0 saturated carbocycles. The van der Waals surface area contributed by atoms with Crippen molar-refractivity contribution in [2.75, 3.05) is 0 Å². The summed E-state index contributed by atoms with van der Waals surface area (Å²) in [5.74, 6) is 2.52. The van der Waals surface area contributed by atoms with Gasteiger partial charge in [-0.25, -0.2) is 0 Å². The van der Waals surface area contributed by atoms with Crippen molar-refractivity contribution in [3.8, 4) is 12.3 Å². The normalized spacial score (nSPS) is 9.55. The third kappa shape index (κ3) is 1.41. The van der Waals surface area contributed by atoms with Gasteiger partial charge in [-0.2, -0.15) is 5.10 Å². The quantitative estimate of drug-likeness (QED) is 0.614. The second-order valence-corrected chi connectivity index (χ2v) is 2.32. The molecule has 0 aliphatic heterocycles. The zero-order chi connectivity index (χ0) is 8.27. The minimum Gasteiger partial charge on any atom is -0.326 e. The lowest BCUT2D eigenvalue weighted by molar-refractivity contribution is 0.689. The minimum absolute atomic E-state index is 0.520. The van der Waals surface area contributed by atoms with Gasteiger partial charge in [0.25, 0.3) is 0 Å². The van der Waals surface area contributed by atoms with E-state index in [1.807, 2.05) is 6.92 Å². The summed E-state index contributed by atoms with van der Waals surface area (Å²) in [6.07, 6.45) is 6.89. The van der Waals surface area contributed by atoms with Crippen molar-refractivity contribution in [3.05, 3.63) is 17.5 Å². The predicted molar refractivity (Wildman–Crippen MR) is 43.7 cm³/mol. The first-order chi connectivity index (χ1) is 5.29. The first-order valence-electron chi connectivity index (χ1n) is 3.44. The molecule has 0 atom stereocenters. The number of terminal acetylenes is 1. The molecule has 0 radical (unpaired) electrons. The second kappa shape index (κ2) is 3.22. The fraction of sp³-hybridized carbons (Fsp3) is 0.375. The molecule has 0 aliphatic rings. The molecule has 0 spiro atoms. The second-order valence-electron chi connectivity index (χ2n) is 2.32. The van der Waals surface area contributed by atoms with Crippen LogP contribution in [0.25, 0.3) is 0 Å². The molecule has 0 bridgehead atoms. The van der Waals surface area contributed by atoms with Gasteiger partial charge in [0.1, 0.15) is 6.54 Å². The lowest BCUT2D eigenvalue weighted by Gasteiger charge is -1.98. The van der Waals surface area contributed by atoms with E-state index in [9.17, 15) is 0 Å². The van der Waals surface area contributed by atoms with Gasteiger partial charge < -0.3 is 5.73 Å². The monoisotopic (exact) mass is 149 g/mol. The van der Waals surface area contributed by atoms with Crippen molar-refractivity contribution in [2.24, 2.45) is 5.73 Å². The zero-order valence-electron chi connectivity index (χ0n) is 6.54. The first-order valence-corrected chi connectivity index (χ1v) is 3.44. The largest absolute Gasteiger partial charge is 0.326 e. The molecule has 0 aromatic carbocycles. The van der Waals surface area contributed by atoms with Crippen molar-refractivity contribution >= 4 is 0 Å². The van der Waals surface area contributed by atoms with Crippen LogP contribution in [-0.2, 0) is 13.1 Å². The van der Waals surface area contributed by atoms with Crippen molar-refractivity contribution in [1.29, 1.82) is 0 Å². The third-order valence-electron chi connectivity index (χ3n) is 1.67. The van der Waals surface area contributed by atoms with E-state index in [1.165, 1.54) is 0 Å². The Balaban J connectivity index is 2.93. The summed E-state index contributed by atoms with van der Waals surface area (Å²) in [6, 6.07) is 0. The summed E-state index contributed by atoms with van der Waals surface area (Å²) >= 11 is 0. The van der Waals surface area contributed by atoms with Gasteiger partial charge in [0.05, 0.1) is 6.20 Å². The highest BCUT2D eigenvalue weighted by Gasteiger charge is 2.01. The number of aromatic nitrogens is 2. The van der Waals surface area contributed by atoms with Gasteiger partial charge in [0, 0.05) is 17.8 Å². The van der Waals surface area contributed by atoms with Gasteiger partial charge >= 0.3 is 0 Å². The molecule has 0 saturated heterocycles. The molecule has 0 aliphatic carbocycles. The summed E-state index contributed by atoms with van der Waals surface area (Å²) in [5.41, 5.74) is 7.57. The topological polar surface area (TPSA) is 43.8 Å². The van der Waals surface area contributed by atoms with Gasteiger partial charge in [-0.05, 0) is 6.92 Å². The highest BCUT2D eigenvalue weighted by Crippen LogP contribution is 2.04. The standard InChI is InChI=1S/C8H11N3/c1-3-4-11-7(2)8(5-9)6-10-11/h1,6H,4-5,9H2,2H3. The van der Waals surface area contributed by atoms with Gasteiger partial charge in [-0.1, -0.05) is 5.92 Å². The molecule has 0 fully saturated rings. The van der Waals surface area contributed by atoms with E-state index in [4.69, 9.17) is 12.2 Å². The van der Waals surface area contributed by atoms with E-state index in [1.54, 1.807) is 10.9 Å². The van der Waals surface area contributed by atoms with Crippen LogP contribution in [0.5, 0.6) is 0 Å². The highest BCUT2D eigenvalue weighted by atomic mass is 15.3. The third-order valence-corrected chi connectivity index (χ3v) is 1.67. The maximum atomic E-state index is 5.46. The van der Waals surface area contributed by atoms with Crippen LogP contribution in [0.3, 0.4) is 0 Å². The lowest BCUT2D eigenvalue weighted by atomic mass is 10.3. The van der Waals surface area contributed by atoms with Crippen LogP contribution in [-0.4, -0.2) is 9.78 Å². The van der Waals surface area contributed by atoms with Crippen molar-refractivity contribution in [1.82, 2.24) is 9.78 Å². The van der Waals surface area contributed by atoms with Crippen LogP contribution in [0.2, 0.25) is 0 Å².